The van der Waals surface area contributed by atoms with E-state index in [-0.39, 0.29) is 24.6 Å². The maximum Gasteiger partial charge on any atom is 0.338 e. The molecule has 0 radical (unpaired) electrons. The van der Waals surface area contributed by atoms with Crippen molar-refractivity contribution >= 4 is 17.9 Å². The van der Waals surface area contributed by atoms with Crippen molar-refractivity contribution in [1.82, 2.24) is 15.5 Å². The summed E-state index contributed by atoms with van der Waals surface area (Å²) in [6.07, 6.45) is 6.12. The minimum absolute atomic E-state index is 0.0684. The number of urea groups is 1. The molecule has 1 saturated heterocycles. The summed E-state index contributed by atoms with van der Waals surface area (Å²) in [5.41, 5.74) is 1.26. The minimum atomic E-state index is -0.507. The van der Waals surface area contributed by atoms with Gasteiger partial charge in [-0.15, -0.1) is 0 Å². The van der Waals surface area contributed by atoms with Crippen LogP contribution in [0, 0.1) is 11.8 Å². The van der Waals surface area contributed by atoms with E-state index < -0.39 is 5.97 Å². The van der Waals surface area contributed by atoms with E-state index in [2.05, 4.69) is 10.6 Å². The first kappa shape index (κ1) is 22.1. The summed E-state index contributed by atoms with van der Waals surface area (Å²) in [5, 5.41) is 5.51. The van der Waals surface area contributed by atoms with Crippen LogP contribution in [0.25, 0.3) is 0 Å². The van der Waals surface area contributed by atoms with Crippen LogP contribution in [0.1, 0.15) is 61.9 Å². The van der Waals surface area contributed by atoms with Crippen molar-refractivity contribution in [2.75, 3.05) is 19.7 Å². The zero-order chi connectivity index (χ0) is 21.5. The van der Waals surface area contributed by atoms with Crippen LogP contribution >= 0.6 is 0 Å². The Bertz CT molecular complexity index is 747. The smallest absolute Gasteiger partial charge is 0.338 e. The molecule has 0 bridgehead atoms. The van der Waals surface area contributed by atoms with Crippen LogP contribution in [0.4, 0.5) is 4.79 Å². The van der Waals surface area contributed by atoms with Crippen molar-refractivity contribution in [3.8, 4) is 0 Å². The van der Waals surface area contributed by atoms with Crippen LogP contribution in [0.5, 0.6) is 0 Å². The van der Waals surface area contributed by atoms with Crippen LogP contribution < -0.4 is 10.6 Å². The Kier molecular flexibility index (Phi) is 7.71. The van der Waals surface area contributed by atoms with Gasteiger partial charge >= 0.3 is 12.0 Å². The third-order valence-corrected chi connectivity index (χ3v) is 6.03. The Balaban J connectivity index is 1.42. The molecule has 7 heteroatoms. The molecular formula is C23H33N3O4. The van der Waals surface area contributed by atoms with Crippen molar-refractivity contribution in [1.29, 1.82) is 0 Å². The van der Waals surface area contributed by atoms with Gasteiger partial charge in [-0.3, -0.25) is 4.79 Å². The van der Waals surface area contributed by atoms with Gasteiger partial charge in [0.15, 0.2) is 6.61 Å². The number of esters is 1. The molecule has 2 N–H and O–H groups in total. The van der Waals surface area contributed by atoms with Crippen molar-refractivity contribution < 1.29 is 19.1 Å². The molecule has 0 aromatic heterocycles. The van der Waals surface area contributed by atoms with Crippen LogP contribution in [0.3, 0.4) is 0 Å². The molecule has 164 valence electrons. The van der Waals surface area contributed by atoms with Crippen molar-refractivity contribution in [3.63, 3.8) is 0 Å². The number of benzene rings is 1. The molecule has 1 aromatic rings. The summed E-state index contributed by atoms with van der Waals surface area (Å²) in [6, 6.07) is 6.67. The zero-order valence-corrected chi connectivity index (χ0v) is 18.0. The maximum absolute atomic E-state index is 12.5. The number of carbonyl (C=O) groups is 3. The second-order valence-corrected chi connectivity index (χ2v) is 8.69. The summed E-state index contributed by atoms with van der Waals surface area (Å²) >= 11 is 0. The lowest BCUT2D eigenvalue weighted by molar-refractivity contribution is -0.137. The molecule has 2 fully saturated rings. The highest BCUT2D eigenvalue weighted by atomic mass is 16.5. The molecule has 3 amide bonds. The van der Waals surface area contributed by atoms with E-state index in [0.717, 1.165) is 31.0 Å². The standard InChI is InChI=1S/C23H33N3O4/c1-16(2)25-23(29)24-13-17-7-9-19(10-8-17)22(28)30-15-21(27)26-12-11-18-5-3-4-6-20(18)14-26/h7-10,16,18,20H,3-6,11-15H2,1-2H3,(H2,24,25,29)/t18-,20-/m1/s1. The third-order valence-electron chi connectivity index (χ3n) is 6.03. The summed E-state index contributed by atoms with van der Waals surface area (Å²) < 4.78 is 5.25. The molecule has 7 nitrogen and oxygen atoms in total. The van der Waals surface area contributed by atoms with Gasteiger partial charge in [0.05, 0.1) is 5.56 Å². The van der Waals surface area contributed by atoms with Crippen LogP contribution in [0.2, 0.25) is 0 Å². The molecular weight excluding hydrogens is 382 g/mol. The fourth-order valence-electron chi connectivity index (χ4n) is 4.38. The monoisotopic (exact) mass is 415 g/mol. The number of rotatable bonds is 6. The molecule has 2 aliphatic rings. The largest absolute Gasteiger partial charge is 0.452 e. The molecule has 1 aromatic carbocycles. The van der Waals surface area contributed by atoms with Gasteiger partial charge in [-0.2, -0.15) is 0 Å². The SMILES string of the molecule is CC(C)NC(=O)NCc1ccc(C(=O)OCC(=O)N2CC[C@H]3CCCC[C@@H]3C2)cc1. The molecule has 0 spiro atoms. The Labute approximate surface area is 178 Å². The molecule has 1 aliphatic carbocycles. The number of likely N-dealkylation sites (tertiary alicyclic amines) is 1. The van der Waals surface area contributed by atoms with Gasteiger partial charge in [0.25, 0.3) is 5.91 Å². The number of amides is 3. The lowest BCUT2D eigenvalue weighted by atomic mass is 9.75. The summed E-state index contributed by atoms with van der Waals surface area (Å²) in [5.74, 6) is 0.753. The number of piperidine rings is 1. The highest BCUT2D eigenvalue weighted by Crippen LogP contribution is 2.36. The molecule has 1 saturated carbocycles. The van der Waals surface area contributed by atoms with Crippen molar-refractivity contribution in [2.24, 2.45) is 11.8 Å². The number of ether oxygens (including phenoxy) is 1. The normalized spacial score (nSPS) is 21.0. The third kappa shape index (κ3) is 6.21. The van der Waals surface area contributed by atoms with E-state index >= 15 is 0 Å². The van der Waals surface area contributed by atoms with Gasteiger partial charge in [0.2, 0.25) is 0 Å². The zero-order valence-electron chi connectivity index (χ0n) is 18.0. The number of carbonyl (C=O) groups excluding carboxylic acids is 3. The predicted octanol–water partition coefficient (Wildman–Crippen LogP) is 3.09. The van der Waals surface area contributed by atoms with E-state index in [1.165, 1.54) is 25.7 Å². The number of nitrogens with zero attached hydrogens (tertiary/aromatic N) is 1. The molecule has 30 heavy (non-hydrogen) atoms. The summed E-state index contributed by atoms with van der Waals surface area (Å²) in [6.45, 7) is 5.50. The van der Waals surface area contributed by atoms with E-state index in [1.54, 1.807) is 24.3 Å². The van der Waals surface area contributed by atoms with E-state index in [1.807, 2.05) is 18.7 Å². The average molecular weight is 416 g/mol. The van der Waals surface area contributed by atoms with Crippen LogP contribution in [-0.2, 0) is 16.1 Å². The molecule has 1 heterocycles. The van der Waals surface area contributed by atoms with Crippen LogP contribution in [0.15, 0.2) is 24.3 Å². The molecule has 0 unspecified atom stereocenters. The first-order valence-corrected chi connectivity index (χ1v) is 11.0. The van der Waals surface area contributed by atoms with E-state index in [4.69, 9.17) is 4.74 Å². The Hall–Kier alpha value is -2.57. The predicted molar refractivity (Wildman–Crippen MR) is 114 cm³/mol. The number of fused-ring (bicyclic) bond motifs is 1. The van der Waals surface area contributed by atoms with E-state index in [9.17, 15) is 14.4 Å². The van der Waals surface area contributed by atoms with Gasteiger partial charge in [-0.1, -0.05) is 31.4 Å². The maximum atomic E-state index is 12.5. The van der Waals surface area contributed by atoms with Gasteiger partial charge in [0.1, 0.15) is 0 Å². The number of nitrogens with one attached hydrogen (secondary N) is 2. The van der Waals surface area contributed by atoms with Gasteiger partial charge < -0.3 is 20.3 Å². The highest BCUT2D eigenvalue weighted by molar-refractivity contribution is 5.91. The molecule has 3 rings (SSSR count). The summed E-state index contributed by atoms with van der Waals surface area (Å²) in [4.78, 5) is 38.3. The lowest BCUT2D eigenvalue weighted by Crippen LogP contribution is -2.46. The summed E-state index contributed by atoms with van der Waals surface area (Å²) in [7, 11) is 0. The number of hydrogen-bond donors (Lipinski definition) is 2. The van der Waals surface area contributed by atoms with Gasteiger partial charge in [-0.25, -0.2) is 9.59 Å². The van der Waals surface area contributed by atoms with Crippen molar-refractivity contribution in [2.45, 2.75) is 58.5 Å². The quantitative estimate of drug-likeness (QED) is 0.699. The first-order valence-electron chi connectivity index (χ1n) is 11.0. The first-order chi connectivity index (χ1) is 14.4. The Morgan fingerprint density at radius 1 is 1.07 bits per heavy atom. The van der Waals surface area contributed by atoms with Crippen LogP contribution in [-0.4, -0.2) is 48.5 Å². The van der Waals surface area contributed by atoms with E-state index in [0.29, 0.717) is 18.0 Å². The second-order valence-electron chi connectivity index (χ2n) is 8.69. The molecule has 2 atom stereocenters. The Morgan fingerprint density at radius 3 is 2.47 bits per heavy atom. The average Bonchev–Trinajstić information content (AvgIpc) is 2.75. The van der Waals surface area contributed by atoms with Crippen molar-refractivity contribution in [3.05, 3.63) is 35.4 Å². The second kappa shape index (κ2) is 10.5. The number of hydrogen-bond acceptors (Lipinski definition) is 4. The van der Waals surface area contributed by atoms with Gasteiger partial charge in [0, 0.05) is 25.7 Å². The fourth-order valence-corrected chi connectivity index (χ4v) is 4.38. The van der Waals surface area contributed by atoms with Gasteiger partial charge in [-0.05, 0) is 56.2 Å². The fraction of sp³-hybridized carbons (Fsp3) is 0.609. The topological polar surface area (TPSA) is 87.7 Å². The molecule has 1 aliphatic heterocycles. The highest BCUT2D eigenvalue weighted by Gasteiger charge is 2.33. The Morgan fingerprint density at radius 2 is 1.77 bits per heavy atom. The lowest BCUT2D eigenvalue weighted by Gasteiger charge is -2.41. The minimum Gasteiger partial charge on any atom is -0.452 e.